The van der Waals surface area contributed by atoms with Crippen molar-refractivity contribution in [1.29, 1.82) is 5.26 Å². The molecule has 1 aromatic carbocycles. The van der Waals surface area contributed by atoms with E-state index in [4.69, 9.17) is 9.47 Å². The van der Waals surface area contributed by atoms with Crippen molar-refractivity contribution in [2.24, 2.45) is 0 Å². The van der Waals surface area contributed by atoms with Crippen LogP contribution >= 0.6 is 11.3 Å². The largest absolute Gasteiger partial charge is 0.497 e. The number of thiophene rings is 1. The first-order chi connectivity index (χ1) is 12.9. The molecule has 1 aromatic heterocycles. The summed E-state index contributed by atoms with van der Waals surface area (Å²) >= 11 is 1.27. The Balaban J connectivity index is 2.32. The number of anilines is 1. The minimum Gasteiger partial charge on any atom is -0.497 e. The van der Waals surface area contributed by atoms with E-state index in [-0.39, 0.29) is 12.2 Å². The second-order valence-corrected chi connectivity index (χ2v) is 6.83. The maximum absolute atomic E-state index is 12.6. The molecule has 1 amide bonds. The first kappa shape index (κ1) is 20.2. The van der Waals surface area contributed by atoms with E-state index in [1.165, 1.54) is 17.4 Å². The van der Waals surface area contributed by atoms with Crippen LogP contribution in [-0.2, 0) is 9.53 Å². The zero-order valence-electron chi connectivity index (χ0n) is 15.6. The Hall–Kier alpha value is -3.11. The Morgan fingerprint density at radius 1 is 1.33 bits per heavy atom. The second kappa shape index (κ2) is 9.01. The summed E-state index contributed by atoms with van der Waals surface area (Å²) in [6.07, 6.45) is 1.47. The average Bonchev–Trinajstić information content (AvgIpc) is 2.93. The molecule has 0 spiro atoms. The summed E-state index contributed by atoms with van der Waals surface area (Å²) < 4.78 is 10.2. The number of amides is 1. The molecule has 6 nitrogen and oxygen atoms in total. The van der Waals surface area contributed by atoms with E-state index in [0.717, 1.165) is 10.4 Å². The lowest BCUT2D eigenvalue weighted by Gasteiger charge is -2.07. The fourth-order valence-electron chi connectivity index (χ4n) is 2.38. The number of carbonyl (C=O) groups is 2. The van der Waals surface area contributed by atoms with Crippen molar-refractivity contribution < 1.29 is 19.1 Å². The summed E-state index contributed by atoms with van der Waals surface area (Å²) in [5.74, 6) is -0.465. The zero-order valence-corrected chi connectivity index (χ0v) is 16.4. The van der Waals surface area contributed by atoms with Crippen LogP contribution in [0.5, 0.6) is 5.75 Å². The Kier molecular flexibility index (Phi) is 6.74. The molecular formula is C20H20N2O4S. The van der Waals surface area contributed by atoms with Crippen molar-refractivity contribution in [3.63, 3.8) is 0 Å². The molecule has 7 heteroatoms. The highest BCUT2D eigenvalue weighted by atomic mass is 32.1. The number of aryl methyl sites for hydroxylation is 1. The predicted molar refractivity (Wildman–Crippen MR) is 105 cm³/mol. The van der Waals surface area contributed by atoms with Crippen molar-refractivity contribution in [2.45, 2.75) is 20.8 Å². The van der Waals surface area contributed by atoms with Gasteiger partial charge in [0.15, 0.2) is 0 Å². The van der Waals surface area contributed by atoms with Gasteiger partial charge in [-0.3, -0.25) is 4.79 Å². The normalized spacial score (nSPS) is 10.9. The maximum Gasteiger partial charge on any atom is 0.341 e. The molecule has 0 unspecified atom stereocenters. The molecule has 1 N–H and O–H groups in total. The van der Waals surface area contributed by atoms with Gasteiger partial charge in [-0.15, -0.1) is 11.3 Å². The minimum atomic E-state index is -0.591. The predicted octanol–water partition coefficient (Wildman–Crippen LogP) is 4.10. The molecule has 2 aromatic rings. The smallest absolute Gasteiger partial charge is 0.341 e. The van der Waals surface area contributed by atoms with Gasteiger partial charge >= 0.3 is 5.97 Å². The summed E-state index contributed by atoms with van der Waals surface area (Å²) in [6, 6.07) is 8.91. The Bertz CT molecular complexity index is 938. The van der Waals surface area contributed by atoms with Crippen LogP contribution in [0.4, 0.5) is 5.00 Å². The number of benzene rings is 1. The standard InChI is InChI=1S/C20H20N2O4S/c1-5-26-20(24)17-12(2)13(3)27-19(17)22-18(23)15(11-21)9-14-7-6-8-16(10-14)25-4/h6-10H,5H2,1-4H3,(H,22,23)/b15-9+. The van der Waals surface area contributed by atoms with Crippen LogP contribution in [0.2, 0.25) is 0 Å². The van der Waals surface area contributed by atoms with E-state index in [2.05, 4.69) is 5.32 Å². The zero-order chi connectivity index (χ0) is 20.0. The third-order valence-corrected chi connectivity index (χ3v) is 4.98. The number of carbonyl (C=O) groups excluding carboxylic acids is 2. The van der Waals surface area contributed by atoms with Crippen LogP contribution in [0.1, 0.15) is 33.3 Å². The van der Waals surface area contributed by atoms with Gasteiger partial charge in [0.1, 0.15) is 22.4 Å². The number of rotatable bonds is 6. The third kappa shape index (κ3) is 4.74. The number of ether oxygens (including phenoxy) is 2. The molecule has 0 saturated heterocycles. The van der Waals surface area contributed by atoms with Crippen LogP contribution < -0.4 is 10.1 Å². The molecule has 1 heterocycles. The highest BCUT2D eigenvalue weighted by Gasteiger charge is 2.23. The van der Waals surface area contributed by atoms with Gasteiger partial charge in [0.25, 0.3) is 5.91 Å². The topological polar surface area (TPSA) is 88.4 Å². The molecule has 140 valence electrons. The van der Waals surface area contributed by atoms with Gasteiger partial charge in [-0.2, -0.15) is 5.26 Å². The summed E-state index contributed by atoms with van der Waals surface area (Å²) in [7, 11) is 1.54. The minimum absolute atomic E-state index is 0.0817. The molecular weight excluding hydrogens is 364 g/mol. The van der Waals surface area contributed by atoms with Gasteiger partial charge in [-0.1, -0.05) is 12.1 Å². The van der Waals surface area contributed by atoms with Crippen LogP contribution in [0.3, 0.4) is 0 Å². The Morgan fingerprint density at radius 3 is 2.70 bits per heavy atom. The quantitative estimate of drug-likeness (QED) is 0.460. The number of nitrogens with zero attached hydrogens (tertiary/aromatic N) is 1. The van der Waals surface area contributed by atoms with Gasteiger partial charge < -0.3 is 14.8 Å². The molecule has 0 fully saturated rings. The molecule has 0 aliphatic carbocycles. The van der Waals surface area contributed by atoms with E-state index in [0.29, 0.717) is 21.9 Å². The van der Waals surface area contributed by atoms with Gasteiger partial charge in [-0.05, 0) is 50.1 Å². The van der Waals surface area contributed by atoms with Crippen LogP contribution in [0.25, 0.3) is 6.08 Å². The Labute approximate surface area is 162 Å². The first-order valence-corrected chi connectivity index (χ1v) is 9.07. The second-order valence-electron chi connectivity index (χ2n) is 5.61. The van der Waals surface area contributed by atoms with Crippen LogP contribution in [-0.4, -0.2) is 25.6 Å². The summed E-state index contributed by atoms with van der Waals surface area (Å²) in [5.41, 5.74) is 1.65. The van der Waals surface area contributed by atoms with Crippen molar-refractivity contribution in [3.05, 3.63) is 51.4 Å². The third-order valence-electron chi connectivity index (χ3n) is 3.86. The van der Waals surface area contributed by atoms with E-state index in [1.54, 1.807) is 45.2 Å². The van der Waals surface area contributed by atoms with Crippen LogP contribution in [0, 0.1) is 25.2 Å². The van der Waals surface area contributed by atoms with Gasteiger partial charge in [-0.25, -0.2) is 4.79 Å². The lowest BCUT2D eigenvalue weighted by Crippen LogP contribution is -2.16. The number of methoxy groups -OCH3 is 1. The summed E-state index contributed by atoms with van der Waals surface area (Å²) in [6.45, 7) is 5.61. The molecule has 0 radical (unpaired) electrons. The fourth-order valence-corrected chi connectivity index (χ4v) is 3.42. The monoisotopic (exact) mass is 384 g/mol. The molecule has 0 aliphatic rings. The number of nitrogens with one attached hydrogen (secondary N) is 1. The molecule has 0 atom stereocenters. The number of nitriles is 1. The summed E-state index contributed by atoms with van der Waals surface area (Å²) in [4.78, 5) is 25.7. The van der Waals surface area contributed by atoms with E-state index < -0.39 is 11.9 Å². The number of esters is 1. The number of hydrogen-bond acceptors (Lipinski definition) is 6. The fraction of sp³-hybridized carbons (Fsp3) is 0.250. The van der Waals surface area contributed by atoms with Crippen molar-refractivity contribution in [2.75, 3.05) is 19.0 Å². The highest BCUT2D eigenvalue weighted by Crippen LogP contribution is 2.33. The van der Waals surface area contributed by atoms with E-state index in [1.807, 2.05) is 13.0 Å². The molecule has 0 saturated carbocycles. The van der Waals surface area contributed by atoms with Crippen molar-refractivity contribution in [3.8, 4) is 11.8 Å². The van der Waals surface area contributed by atoms with Crippen molar-refractivity contribution >= 4 is 34.3 Å². The summed E-state index contributed by atoms with van der Waals surface area (Å²) in [5, 5.41) is 12.4. The van der Waals surface area contributed by atoms with Gasteiger partial charge in [0.05, 0.1) is 19.3 Å². The lowest BCUT2D eigenvalue weighted by atomic mass is 10.1. The molecule has 27 heavy (non-hydrogen) atoms. The number of hydrogen-bond donors (Lipinski definition) is 1. The molecule has 0 aliphatic heterocycles. The van der Waals surface area contributed by atoms with Gasteiger partial charge in [0.2, 0.25) is 0 Å². The van der Waals surface area contributed by atoms with Crippen molar-refractivity contribution in [1.82, 2.24) is 0 Å². The van der Waals surface area contributed by atoms with E-state index >= 15 is 0 Å². The van der Waals surface area contributed by atoms with E-state index in [9.17, 15) is 14.9 Å². The molecule has 0 bridgehead atoms. The van der Waals surface area contributed by atoms with Crippen LogP contribution in [0.15, 0.2) is 29.8 Å². The van der Waals surface area contributed by atoms with Gasteiger partial charge in [0, 0.05) is 4.88 Å². The first-order valence-electron chi connectivity index (χ1n) is 8.25. The SMILES string of the molecule is CCOC(=O)c1c(NC(=O)/C(C#N)=C/c2cccc(OC)c2)sc(C)c1C. The lowest BCUT2D eigenvalue weighted by molar-refractivity contribution is -0.112. The average molecular weight is 384 g/mol. The maximum atomic E-state index is 12.6. The Morgan fingerprint density at radius 2 is 2.07 bits per heavy atom. The highest BCUT2D eigenvalue weighted by molar-refractivity contribution is 7.16. The molecule has 2 rings (SSSR count).